The summed E-state index contributed by atoms with van der Waals surface area (Å²) in [6.45, 7) is 15.9. The number of aromatic hydroxyl groups is 1. The Bertz CT molecular complexity index is 4120. The summed E-state index contributed by atoms with van der Waals surface area (Å²) in [5.41, 5.74) is 11.5. The van der Waals surface area contributed by atoms with Crippen LogP contribution in [0.3, 0.4) is 0 Å². The molecule has 0 saturated carbocycles. The predicted molar refractivity (Wildman–Crippen MR) is 387 cm³/mol. The number of nitrogens with one attached hydrogen (secondary N) is 1. The molecule has 2 N–H and O–H groups in total. The van der Waals surface area contributed by atoms with Gasteiger partial charge in [-0.25, -0.2) is 0 Å². The predicted octanol–water partition coefficient (Wildman–Crippen LogP) is 10.5. The van der Waals surface area contributed by atoms with Gasteiger partial charge in [0.15, 0.2) is 0 Å². The summed E-state index contributed by atoms with van der Waals surface area (Å²) in [6, 6.07) is 62.9. The number of hydrogen-bond donors (Lipinski definition) is 2. The summed E-state index contributed by atoms with van der Waals surface area (Å²) in [6.07, 6.45) is 5.46. The quantitative estimate of drug-likeness (QED) is 0.0802. The Morgan fingerprint density at radius 3 is 0.769 bits per heavy atom. The van der Waals surface area contributed by atoms with Crippen molar-refractivity contribution in [3.63, 3.8) is 0 Å². The molecule has 16 nitrogen and oxygen atoms in total. The number of phenolic OH excluding ortho intramolecular Hbond substituents is 1. The normalized spacial score (nSPS) is 11.5. The van der Waals surface area contributed by atoms with Gasteiger partial charge in [0.05, 0.1) is 50.9 Å². The van der Waals surface area contributed by atoms with E-state index in [9.17, 15) is 40.9 Å². The van der Waals surface area contributed by atoms with Crippen LogP contribution in [0.5, 0.6) is 57.5 Å². The second-order valence-electron chi connectivity index (χ2n) is 24.0. The first-order valence-corrected chi connectivity index (χ1v) is 34.0. The van der Waals surface area contributed by atoms with Gasteiger partial charge in [-0.3, -0.25) is 9.98 Å². The zero-order valence-electron chi connectivity index (χ0n) is 59.3. The molecule has 0 unspecified atom stereocenters. The van der Waals surface area contributed by atoms with Crippen LogP contribution in [0.2, 0.25) is 0 Å². The van der Waals surface area contributed by atoms with E-state index in [1.165, 1.54) is 52.5 Å². The second kappa shape index (κ2) is 45.0. The van der Waals surface area contributed by atoms with E-state index in [4.69, 9.17) is 25.3 Å². The van der Waals surface area contributed by atoms with Crippen molar-refractivity contribution >= 4 is 12.4 Å². The van der Waals surface area contributed by atoms with Crippen LogP contribution in [0.4, 0.5) is 0 Å². The smallest absolute Gasteiger partial charge is 0.872 e. The Morgan fingerprint density at radius 1 is 0.346 bits per heavy atom. The van der Waals surface area contributed by atoms with Gasteiger partial charge < -0.3 is 55.2 Å². The Labute approximate surface area is 675 Å². The first kappa shape index (κ1) is 85.3. The van der Waals surface area contributed by atoms with E-state index in [2.05, 4.69) is 30.8 Å². The van der Waals surface area contributed by atoms with Gasteiger partial charge >= 0.3 is 79.9 Å². The molecule has 534 valence electrons. The van der Waals surface area contributed by atoms with E-state index in [1.807, 2.05) is 109 Å². The standard InChI is InChI=1S/2C37H33NO5.C6H15N.3C2H3N.2Gd/c2*39-33-16-2-1-7-32(33)23-38-17-18-43-37-30-14-6-15-31(37)22-29-13-5-11-27(36(29)42)20-25-9-3-8-24(34(25)40)19-26-10-4-12-28(21-30)35(26)41;1-4-7(5-2)6-3;3*1-2-3;;/h2*1-16,23,39-42H,17-22H2;4-6H2,1-3H3;3*1H3;;/q;;;;;;2*+3/p-6. The van der Waals surface area contributed by atoms with Crippen LogP contribution in [0, 0.1) is 114 Å². The van der Waals surface area contributed by atoms with Gasteiger partial charge in [-0.05, 0) is 78.1 Å². The van der Waals surface area contributed by atoms with Crippen molar-refractivity contribution in [2.24, 2.45) is 9.98 Å². The van der Waals surface area contributed by atoms with Crippen molar-refractivity contribution in [2.75, 3.05) is 45.9 Å². The fourth-order valence-electron chi connectivity index (χ4n) is 12.0. The van der Waals surface area contributed by atoms with Gasteiger partial charge in [0.1, 0.15) is 30.5 Å². The molecule has 2 aliphatic carbocycles. The summed E-state index contributed by atoms with van der Waals surface area (Å²) in [5.74, 6) is 0.734. The number of hydrogen-bond acceptors (Lipinski definition) is 15. The molecular formula is C86H84Gd2N6O10. The summed E-state index contributed by atoms with van der Waals surface area (Å²) in [7, 11) is 0. The molecule has 0 heterocycles. The van der Waals surface area contributed by atoms with E-state index < -0.39 is 0 Å². The maximum absolute atomic E-state index is 13.6. The molecule has 0 atom stereocenters. The van der Waals surface area contributed by atoms with E-state index in [-0.39, 0.29) is 165 Å². The average molecular weight is 1680 g/mol. The van der Waals surface area contributed by atoms with Crippen molar-refractivity contribution in [2.45, 2.75) is 92.9 Å². The van der Waals surface area contributed by atoms with Gasteiger partial charge in [-0.2, -0.15) is 15.8 Å². The van der Waals surface area contributed by atoms with Crippen LogP contribution in [0.25, 0.3) is 0 Å². The van der Waals surface area contributed by atoms with Crippen LogP contribution in [-0.4, -0.2) is 63.5 Å². The summed E-state index contributed by atoms with van der Waals surface area (Å²) < 4.78 is 12.6. The van der Waals surface area contributed by atoms with Crippen LogP contribution >= 0.6 is 0 Å². The topological polar surface area (TPSA) is 301 Å². The van der Waals surface area contributed by atoms with E-state index in [0.29, 0.717) is 128 Å². The Balaban J connectivity index is 0.000000305. The van der Waals surface area contributed by atoms with Crippen LogP contribution in [0.15, 0.2) is 204 Å². The number of aliphatic imine (C=N–C) groups is 2. The molecule has 0 fully saturated rings. The summed E-state index contributed by atoms with van der Waals surface area (Å²) in [4.78, 5) is 10.4. The van der Waals surface area contributed by atoms with Crippen LogP contribution < -0.4 is 50.1 Å². The number of nitriles is 3. The fraction of sp³-hybridized carbons (Fsp3) is 0.244. The third kappa shape index (κ3) is 24.4. The maximum atomic E-state index is 13.6. The Hall–Kier alpha value is -9.38. The molecule has 0 aliphatic heterocycles. The number of fused-ring (bicyclic) bond motifs is 16. The van der Waals surface area contributed by atoms with E-state index in [1.54, 1.807) is 108 Å². The van der Waals surface area contributed by atoms with E-state index in [0.717, 1.165) is 22.3 Å². The Kier molecular flexibility index (Phi) is 36.9. The molecular weight excluding hydrogens is 1590 g/mol. The average Bonchev–Trinajstić information content (AvgIpc) is 0.800. The molecule has 0 aromatic heterocycles. The van der Waals surface area contributed by atoms with Gasteiger partial charge in [0, 0.05) is 71.7 Å². The van der Waals surface area contributed by atoms with Crippen molar-refractivity contribution in [3.8, 4) is 75.7 Å². The van der Waals surface area contributed by atoms with Gasteiger partial charge in [-0.1, -0.05) is 250 Å². The maximum Gasteiger partial charge on any atom is 3.00 e. The second-order valence-corrected chi connectivity index (χ2v) is 24.0. The third-order valence-corrected chi connectivity index (χ3v) is 17.2. The molecule has 18 heteroatoms. The first-order chi connectivity index (χ1) is 49.5. The fourth-order valence-corrected chi connectivity index (χ4v) is 12.0. The van der Waals surface area contributed by atoms with Gasteiger partial charge in [0.25, 0.3) is 0 Å². The SMILES string of the molecule is CC#N.CC#N.CC#N.CC[NH+](CC)CC.[Gd+3].[Gd+3].[O-]c1ccccc1C=NCCOc1c2cccc1Cc1cccc(c1[O-])Cc1cccc(c1O)Cc1cccc(c1[O-])C2.[O-]c1ccccc1C=NCCOc1c2cccc1Cc1cccc(c1[O-])Cc1cccc(c1[O-])Cc1cccc(c1[O-])C2. The van der Waals surface area contributed by atoms with Crippen molar-refractivity contribution in [3.05, 3.63) is 294 Å². The minimum absolute atomic E-state index is 0. The molecule has 0 amide bonds. The molecule has 2 aliphatic rings. The van der Waals surface area contributed by atoms with Crippen molar-refractivity contribution in [1.29, 1.82) is 15.8 Å². The van der Waals surface area contributed by atoms with Gasteiger partial charge in [-0.15, -0.1) is 40.2 Å². The third-order valence-electron chi connectivity index (χ3n) is 17.2. The Morgan fingerprint density at radius 2 is 0.548 bits per heavy atom. The largest absolute Gasteiger partial charge is 3.00 e. The molecule has 12 rings (SSSR count). The number of benzene rings is 10. The van der Waals surface area contributed by atoms with Crippen LogP contribution in [-0.2, 0) is 51.4 Å². The van der Waals surface area contributed by atoms with Crippen molar-refractivity contribution < 1.29 is 135 Å². The van der Waals surface area contributed by atoms with Gasteiger partial charge in [0.2, 0.25) is 0 Å². The number of quaternary nitrogens is 1. The molecule has 2 radical (unpaired) electrons. The molecule has 10 aromatic carbocycles. The summed E-state index contributed by atoms with van der Waals surface area (Å²) >= 11 is 0. The van der Waals surface area contributed by atoms with Crippen molar-refractivity contribution in [1.82, 2.24) is 0 Å². The number of para-hydroxylation sites is 10. The molecule has 10 aromatic rings. The molecule has 104 heavy (non-hydrogen) atoms. The summed E-state index contributed by atoms with van der Waals surface area (Å²) in [5, 5.41) is 125. The molecule has 0 spiro atoms. The number of ether oxygens (including phenoxy) is 2. The minimum atomic E-state index is -0.133. The zero-order valence-corrected chi connectivity index (χ0v) is 63.8. The minimum Gasteiger partial charge on any atom is -0.872 e. The number of nitrogens with zero attached hydrogens (tertiary/aromatic N) is 5. The number of rotatable bonds is 13. The number of phenols is 1. The monoisotopic (exact) mass is 1680 g/mol. The molecule has 16 bridgehead atoms. The molecule has 0 saturated heterocycles. The zero-order chi connectivity index (χ0) is 73.3. The van der Waals surface area contributed by atoms with Crippen LogP contribution in [0.1, 0.15) is 142 Å². The first-order valence-electron chi connectivity index (χ1n) is 34.0. The van der Waals surface area contributed by atoms with E-state index >= 15 is 0 Å².